The van der Waals surface area contributed by atoms with Crippen LogP contribution in [0.1, 0.15) is 24.5 Å². The zero-order valence-electron chi connectivity index (χ0n) is 11.4. The summed E-state index contributed by atoms with van der Waals surface area (Å²) in [5.41, 5.74) is 0.725. The van der Waals surface area contributed by atoms with Gasteiger partial charge in [-0.25, -0.2) is 0 Å². The number of benzene rings is 1. The van der Waals surface area contributed by atoms with Crippen molar-refractivity contribution in [2.24, 2.45) is 0 Å². The van der Waals surface area contributed by atoms with Crippen LogP contribution in [0.15, 0.2) is 40.8 Å². The van der Waals surface area contributed by atoms with E-state index in [1.807, 2.05) is 26.0 Å². The molecule has 0 aliphatic heterocycles. The fourth-order valence-corrected chi connectivity index (χ4v) is 1.90. The van der Waals surface area contributed by atoms with E-state index in [9.17, 15) is 4.79 Å². The molecule has 4 nitrogen and oxygen atoms in total. The second-order valence-corrected chi connectivity index (χ2v) is 5.04. The number of amides is 1. The lowest BCUT2D eigenvalue weighted by molar-refractivity contribution is -0.115. The monoisotopic (exact) mass is 292 g/mol. The van der Waals surface area contributed by atoms with Crippen LogP contribution in [0.25, 0.3) is 0 Å². The first-order valence-corrected chi connectivity index (χ1v) is 6.77. The average molecular weight is 293 g/mol. The number of nitrogens with one attached hydrogen (secondary N) is 2. The lowest BCUT2D eigenvalue weighted by atomic mass is 10.2. The first kappa shape index (κ1) is 14.6. The number of aryl methyl sites for hydroxylation is 1. The highest BCUT2D eigenvalue weighted by molar-refractivity contribution is 6.30. The highest BCUT2D eigenvalue weighted by Crippen LogP contribution is 2.15. The van der Waals surface area contributed by atoms with Gasteiger partial charge in [-0.15, -0.1) is 0 Å². The van der Waals surface area contributed by atoms with Crippen molar-refractivity contribution in [3.8, 4) is 0 Å². The molecule has 0 bridgehead atoms. The van der Waals surface area contributed by atoms with Crippen LogP contribution in [-0.2, 0) is 4.79 Å². The van der Waals surface area contributed by atoms with E-state index in [2.05, 4.69) is 10.6 Å². The molecule has 1 heterocycles. The van der Waals surface area contributed by atoms with Crippen molar-refractivity contribution in [3.05, 3.63) is 52.9 Å². The Labute approximate surface area is 123 Å². The maximum absolute atomic E-state index is 11.8. The number of hydrogen-bond donors (Lipinski definition) is 2. The van der Waals surface area contributed by atoms with Crippen molar-refractivity contribution in [3.63, 3.8) is 0 Å². The molecule has 1 aromatic carbocycles. The molecule has 0 radical (unpaired) electrons. The van der Waals surface area contributed by atoms with E-state index < -0.39 is 0 Å². The molecule has 0 saturated carbocycles. The summed E-state index contributed by atoms with van der Waals surface area (Å²) in [4.78, 5) is 11.8. The summed E-state index contributed by atoms with van der Waals surface area (Å²) in [6.45, 7) is 4.06. The summed E-state index contributed by atoms with van der Waals surface area (Å²) in [7, 11) is 0. The van der Waals surface area contributed by atoms with E-state index in [4.69, 9.17) is 16.0 Å². The molecular weight excluding hydrogens is 276 g/mol. The van der Waals surface area contributed by atoms with E-state index in [0.29, 0.717) is 5.02 Å². The minimum atomic E-state index is -0.109. The molecule has 0 saturated heterocycles. The van der Waals surface area contributed by atoms with Crippen LogP contribution in [-0.4, -0.2) is 12.5 Å². The summed E-state index contributed by atoms with van der Waals surface area (Å²) >= 11 is 5.79. The molecular formula is C15H17ClN2O2. The molecule has 2 rings (SSSR count). The molecule has 1 amide bonds. The minimum absolute atomic E-state index is 0.0142. The zero-order valence-corrected chi connectivity index (χ0v) is 12.2. The van der Waals surface area contributed by atoms with Gasteiger partial charge >= 0.3 is 0 Å². The van der Waals surface area contributed by atoms with Gasteiger partial charge in [-0.1, -0.05) is 11.6 Å². The average Bonchev–Trinajstić information content (AvgIpc) is 2.85. The van der Waals surface area contributed by atoms with Gasteiger partial charge in [0.2, 0.25) is 5.91 Å². The first-order chi connectivity index (χ1) is 9.54. The predicted molar refractivity (Wildman–Crippen MR) is 79.9 cm³/mol. The third-order valence-corrected chi connectivity index (χ3v) is 3.14. The van der Waals surface area contributed by atoms with Gasteiger partial charge in [0.1, 0.15) is 11.5 Å². The van der Waals surface area contributed by atoms with Gasteiger partial charge < -0.3 is 9.73 Å². The molecule has 2 aromatic rings. The van der Waals surface area contributed by atoms with Crippen molar-refractivity contribution in [2.45, 2.75) is 19.9 Å². The maximum Gasteiger partial charge on any atom is 0.238 e. The molecule has 1 atom stereocenters. The molecule has 0 spiro atoms. The van der Waals surface area contributed by atoms with E-state index in [0.717, 1.165) is 17.2 Å². The van der Waals surface area contributed by atoms with E-state index in [-0.39, 0.29) is 18.5 Å². The van der Waals surface area contributed by atoms with Crippen LogP contribution in [0.2, 0.25) is 5.02 Å². The second-order valence-electron chi connectivity index (χ2n) is 4.61. The van der Waals surface area contributed by atoms with E-state index >= 15 is 0 Å². The Hall–Kier alpha value is -1.78. The third kappa shape index (κ3) is 4.11. The van der Waals surface area contributed by atoms with Crippen LogP contribution >= 0.6 is 11.6 Å². The van der Waals surface area contributed by atoms with Gasteiger partial charge in [-0.3, -0.25) is 10.1 Å². The minimum Gasteiger partial charge on any atom is -0.465 e. The lowest BCUT2D eigenvalue weighted by Crippen LogP contribution is -2.29. The first-order valence-electron chi connectivity index (χ1n) is 6.40. The van der Waals surface area contributed by atoms with Crippen molar-refractivity contribution < 1.29 is 9.21 Å². The maximum atomic E-state index is 11.8. The molecule has 2 N–H and O–H groups in total. The Morgan fingerprint density at radius 3 is 2.55 bits per heavy atom. The number of carbonyl (C=O) groups excluding carboxylic acids is 1. The van der Waals surface area contributed by atoms with E-state index in [1.54, 1.807) is 24.3 Å². The summed E-state index contributed by atoms with van der Waals surface area (Å²) in [6, 6.07) is 10.8. The fraction of sp³-hybridized carbons (Fsp3) is 0.267. The zero-order chi connectivity index (χ0) is 14.5. The normalized spacial score (nSPS) is 12.2. The molecule has 0 aliphatic rings. The van der Waals surface area contributed by atoms with Gasteiger partial charge in [0.05, 0.1) is 12.6 Å². The number of hydrogen-bond acceptors (Lipinski definition) is 3. The van der Waals surface area contributed by atoms with Crippen LogP contribution in [0, 0.1) is 6.92 Å². The van der Waals surface area contributed by atoms with Crippen LogP contribution in [0.4, 0.5) is 5.69 Å². The molecule has 1 aromatic heterocycles. The Balaban J connectivity index is 1.81. The topological polar surface area (TPSA) is 54.3 Å². The lowest BCUT2D eigenvalue weighted by Gasteiger charge is -2.11. The highest BCUT2D eigenvalue weighted by atomic mass is 35.5. The van der Waals surface area contributed by atoms with E-state index in [1.165, 1.54) is 0 Å². The molecule has 0 aliphatic carbocycles. The smallest absolute Gasteiger partial charge is 0.238 e. The van der Waals surface area contributed by atoms with Crippen LogP contribution < -0.4 is 10.6 Å². The standard InChI is InChI=1S/C15H17ClN2O2/c1-10-3-8-14(20-10)11(2)17-9-15(19)18-13-6-4-12(16)5-7-13/h3-8,11,17H,9H2,1-2H3,(H,18,19). The van der Waals surface area contributed by atoms with Crippen molar-refractivity contribution in [2.75, 3.05) is 11.9 Å². The highest BCUT2D eigenvalue weighted by Gasteiger charge is 2.10. The molecule has 20 heavy (non-hydrogen) atoms. The van der Waals surface area contributed by atoms with Crippen molar-refractivity contribution >= 4 is 23.2 Å². The Kier molecular flexibility index (Phi) is 4.82. The Bertz CT molecular complexity index is 578. The van der Waals surface area contributed by atoms with Gasteiger partial charge in [0, 0.05) is 10.7 Å². The summed E-state index contributed by atoms with van der Waals surface area (Å²) in [6.07, 6.45) is 0. The summed E-state index contributed by atoms with van der Waals surface area (Å²) in [5.74, 6) is 1.57. The van der Waals surface area contributed by atoms with Crippen molar-refractivity contribution in [1.82, 2.24) is 5.32 Å². The van der Waals surface area contributed by atoms with Gasteiger partial charge in [-0.2, -0.15) is 0 Å². The van der Waals surface area contributed by atoms with Gasteiger partial charge in [0.25, 0.3) is 0 Å². The number of halogens is 1. The predicted octanol–water partition coefficient (Wildman–Crippen LogP) is 3.53. The number of anilines is 1. The molecule has 0 fully saturated rings. The van der Waals surface area contributed by atoms with Gasteiger partial charge in [-0.05, 0) is 50.2 Å². The molecule has 5 heteroatoms. The third-order valence-electron chi connectivity index (χ3n) is 2.88. The molecule has 1 unspecified atom stereocenters. The molecule has 106 valence electrons. The van der Waals surface area contributed by atoms with Gasteiger partial charge in [0.15, 0.2) is 0 Å². The summed E-state index contributed by atoms with van der Waals surface area (Å²) < 4.78 is 5.50. The number of rotatable bonds is 5. The number of carbonyl (C=O) groups is 1. The largest absolute Gasteiger partial charge is 0.465 e. The SMILES string of the molecule is Cc1ccc(C(C)NCC(=O)Nc2ccc(Cl)cc2)o1. The van der Waals surface area contributed by atoms with Crippen molar-refractivity contribution in [1.29, 1.82) is 0 Å². The number of furan rings is 1. The van der Waals surface area contributed by atoms with Crippen LogP contribution in [0.5, 0.6) is 0 Å². The fourth-order valence-electron chi connectivity index (χ4n) is 1.77. The second kappa shape index (κ2) is 6.59. The van der Waals surface area contributed by atoms with Crippen LogP contribution in [0.3, 0.4) is 0 Å². The summed E-state index contributed by atoms with van der Waals surface area (Å²) in [5, 5.41) is 6.54. The Morgan fingerprint density at radius 2 is 1.95 bits per heavy atom. The quantitative estimate of drug-likeness (QED) is 0.886. The Morgan fingerprint density at radius 1 is 1.25 bits per heavy atom.